The molecule has 0 saturated carbocycles. The zero-order valence-electron chi connectivity index (χ0n) is 16.2. The minimum absolute atomic E-state index is 0.0311. The van der Waals surface area contributed by atoms with Crippen molar-refractivity contribution in [2.24, 2.45) is 0 Å². The van der Waals surface area contributed by atoms with Gasteiger partial charge in [0.25, 0.3) is 0 Å². The number of nitrogens with zero attached hydrogens (tertiary/aromatic N) is 2. The monoisotopic (exact) mass is 397 g/mol. The number of aliphatic hydroxyl groups is 1. The van der Waals surface area contributed by atoms with Crippen LogP contribution < -0.4 is 4.74 Å². The number of H-pyrrole nitrogens is 1. The Kier molecular flexibility index (Phi) is 6.25. The predicted octanol–water partition coefficient (Wildman–Crippen LogP) is 4.35. The van der Waals surface area contributed by atoms with E-state index in [9.17, 15) is 14.0 Å². The van der Waals surface area contributed by atoms with Gasteiger partial charge in [0, 0.05) is 18.4 Å². The second kappa shape index (κ2) is 8.84. The molecule has 150 valence electrons. The Morgan fingerprint density at radius 3 is 2.55 bits per heavy atom. The van der Waals surface area contributed by atoms with Gasteiger partial charge < -0.3 is 9.84 Å². The number of ether oxygens (including phenoxy) is 1. The highest BCUT2D eigenvalue weighted by Crippen LogP contribution is 2.29. The third-order valence-corrected chi connectivity index (χ3v) is 4.86. The van der Waals surface area contributed by atoms with Gasteiger partial charge in [0.2, 0.25) is 0 Å². The standard InChI is InChI=1S/C22H21F2N3O2/c1-13-6-16(21-18(10-25)11-26-27-21)9-17(14(13)2)12-29-22-19(23)7-15(4-3-5-28)8-20(22)24/h6-9,11,28H,3-5,12H2,1-2H3,(H,26,27). The molecule has 0 bridgehead atoms. The number of benzene rings is 2. The molecular formula is C22H21F2N3O2. The van der Waals surface area contributed by atoms with Crippen LogP contribution in [-0.4, -0.2) is 21.9 Å². The molecule has 29 heavy (non-hydrogen) atoms. The molecular weight excluding hydrogens is 376 g/mol. The summed E-state index contributed by atoms with van der Waals surface area (Å²) >= 11 is 0. The zero-order valence-corrected chi connectivity index (χ0v) is 16.2. The molecule has 3 rings (SSSR count). The molecule has 0 saturated heterocycles. The number of nitriles is 1. The molecule has 3 aromatic rings. The quantitative estimate of drug-likeness (QED) is 0.621. The number of aryl methyl sites for hydroxylation is 2. The van der Waals surface area contributed by atoms with Gasteiger partial charge in [-0.2, -0.15) is 10.4 Å². The van der Waals surface area contributed by atoms with Crippen LogP contribution in [0, 0.1) is 36.8 Å². The summed E-state index contributed by atoms with van der Waals surface area (Å²) < 4.78 is 34.2. The maximum Gasteiger partial charge on any atom is 0.191 e. The number of nitrogens with one attached hydrogen (secondary N) is 1. The highest BCUT2D eigenvalue weighted by atomic mass is 19.1. The summed E-state index contributed by atoms with van der Waals surface area (Å²) in [5.74, 6) is -1.98. The Morgan fingerprint density at radius 2 is 1.90 bits per heavy atom. The third-order valence-electron chi connectivity index (χ3n) is 4.86. The van der Waals surface area contributed by atoms with Crippen LogP contribution in [0.2, 0.25) is 0 Å². The van der Waals surface area contributed by atoms with Crippen LogP contribution in [0.15, 0.2) is 30.5 Å². The lowest BCUT2D eigenvalue weighted by Crippen LogP contribution is -2.04. The number of hydrogen-bond donors (Lipinski definition) is 2. The van der Waals surface area contributed by atoms with E-state index >= 15 is 0 Å². The Morgan fingerprint density at radius 1 is 1.17 bits per heavy atom. The van der Waals surface area contributed by atoms with E-state index in [4.69, 9.17) is 9.84 Å². The van der Waals surface area contributed by atoms with E-state index < -0.39 is 17.4 Å². The summed E-state index contributed by atoms with van der Waals surface area (Å²) in [6, 6.07) is 8.26. The van der Waals surface area contributed by atoms with Crippen molar-refractivity contribution in [3.05, 3.63) is 69.9 Å². The minimum Gasteiger partial charge on any atom is -0.483 e. The molecule has 2 aromatic carbocycles. The van der Waals surface area contributed by atoms with Crippen LogP contribution in [-0.2, 0) is 13.0 Å². The molecule has 0 unspecified atom stereocenters. The first-order valence-electron chi connectivity index (χ1n) is 9.20. The van der Waals surface area contributed by atoms with Crippen molar-refractivity contribution < 1.29 is 18.6 Å². The number of aromatic nitrogens is 2. The van der Waals surface area contributed by atoms with Gasteiger partial charge in [-0.05, 0) is 73.2 Å². The lowest BCUT2D eigenvalue weighted by molar-refractivity contribution is 0.272. The highest BCUT2D eigenvalue weighted by molar-refractivity contribution is 5.68. The number of halogens is 2. The van der Waals surface area contributed by atoms with Crippen molar-refractivity contribution >= 4 is 0 Å². The third kappa shape index (κ3) is 4.44. The largest absolute Gasteiger partial charge is 0.483 e. The fourth-order valence-corrected chi connectivity index (χ4v) is 3.14. The van der Waals surface area contributed by atoms with Crippen molar-refractivity contribution in [1.29, 1.82) is 5.26 Å². The molecule has 1 heterocycles. The maximum atomic E-state index is 14.3. The van der Waals surface area contributed by atoms with Crippen molar-refractivity contribution in [2.75, 3.05) is 6.61 Å². The first kappa shape index (κ1) is 20.5. The second-order valence-electron chi connectivity index (χ2n) is 6.84. The lowest BCUT2D eigenvalue weighted by Gasteiger charge is -2.14. The van der Waals surface area contributed by atoms with Crippen molar-refractivity contribution in [2.45, 2.75) is 33.3 Å². The van der Waals surface area contributed by atoms with Crippen molar-refractivity contribution in [3.63, 3.8) is 0 Å². The van der Waals surface area contributed by atoms with Gasteiger partial charge in [-0.1, -0.05) is 0 Å². The number of aliphatic hydroxyl groups excluding tert-OH is 1. The van der Waals surface area contributed by atoms with Crippen LogP contribution in [0.5, 0.6) is 5.75 Å². The second-order valence-corrected chi connectivity index (χ2v) is 6.84. The topological polar surface area (TPSA) is 81.9 Å². The summed E-state index contributed by atoms with van der Waals surface area (Å²) in [6.07, 6.45) is 2.34. The van der Waals surface area contributed by atoms with E-state index in [2.05, 4.69) is 16.3 Å². The summed E-state index contributed by atoms with van der Waals surface area (Å²) in [6.45, 7) is 3.74. The van der Waals surface area contributed by atoms with Gasteiger partial charge in [0.1, 0.15) is 18.4 Å². The van der Waals surface area contributed by atoms with Gasteiger partial charge in [0.05, 0.1) is 5.56 Å². The molecule has 5 nitrogen and oxygen atoms in total. The molecule has 0 radical (unpaired) electrons. The fourth-order valence-electron chi connectivity index (χ4n) is 3.14. The first-order valence-corrected chi connectivity index (χ1v) is 9.20. The van der Waals surface area contributed by atoms with Crippen LogP contribution in [0.3, 0.4) is 0 Å². The normalized spacial score (nSPS) is 10.8. The first-order chi connectivity index (χ1) is 13.9. The van der Waals surface area contributed by atoms with Gasteiger partial charge in [-0.25, -0.2) is 8.78 Å². The molecule has 0 fully saturated rings. The minimum atomic E-state index is -0.775. The Bertz CT molecular complexity index is 1050. The number of aromatic amines is 1. The Hall–Kier alpha value is -3.24. The lowest BCUT2D eigenvalue weighted by atomic mass is 9.97. The molecule has 0 spiro atoms. The average molecular weight is 397 g/mol. The van der Waals surface area contributed by atoms with Gasteiger partial charge in [-0.3, -0.25) is 5.10 Å². The highest BCUT2D eigenvalue weighted by Gasteiger charge is 2.16. The summed E-state index contributed by atoms with van der Waals surface area (Å²) in [5, 5.41) is 24.9. The van der Waals surface area contributed by atoms with Gasteiger partial charge in [-0.15, -0.1) is 0 Å². The van der Waals surface area contributed by atoms with Crippen molar-refractivity contribution in [1.82, 2.24) is 10.2 Å². The van der Waals surface area contributed by atoms with Gasteiger partial charge in [0.15, 0.2) is 17.4 Å². The number of hydrogen-bond acceptors (Lipinski definition) is 4. The van der Waals surface area contributed by atoms with E-state index in [0.717, 1.165) is 22.3 Å². The van der Waals surface area contributed by atoms with Crippen LogP contribution in [0.1, 0.15) is 34.2 Å². The van der Waals surface area contributed by atoms with E-state index in [1.807, 2.05) is 26.0 Å². The summed E-state index contributed by atoms with van der Waals surface area (Å²) in [5.41, 5.74) is 4.76. The Balaban J connectivity index is 1.87. The zero-order chi connectivity index (χ0) is 21.0. The SMILES string of the molecule is Cc1cc(-c2n[nH]cc2C#N)cc(COc2c(F)cc(CCCO)cc2F)c1C. The fraction of sp³-hybridized carbons (Fsp3) is 0.273. The van der Waals surface area contributed by atoms with E-state index in [-0.39, 0.29) is 13.2 Å². The molecule has 0 amide bonds. The molecule has 2 N–H and O–H groups in total. The molecule has 1 aromatic heterocycles. The van der Waals surface area contributed by atoms with E-state index in [1.165, 1.54) is 18.3 Å². The molecule has 7 heteroatoms. The average Bonchev–Trinajstić information content (AvgIpc) is 3.17. The molecule has 0 atom stereocenters. The molecule has 0 aliphatic heterocycles. The molecule has 0 aliphatic rings. The van der Waals surface area contributed by atoms with Crippen LogP contribution in [0.25, 0.3) is 11.3 Å². The van der Waals surface area contributed by atoms with E-state index in [1.54, 1.807) is 0 Å². The van der Waals surface area contributed by atoms with Gasteiger partial charge >= 0.3 is 0 Å². The van der Waals surface area contributed by atoms with Crippen LogP contribution in [0.4, 0.5) is 8.78 Å². The number of rotatable bonds is 7. The Labute approximate surface area is 167 Å². The predicted molar refractivity (Wildman–Crippen MR) is 104 cm³/mol. The summed E-state index contributed by atoms with van der Waals surface area (Å²) in [4.78, 5) is 0. The molecule has 0 aliphatic carbocycles. The van der Waals surface area contributed by atoms with Crippen LogP contribution >= 0.6 is 0 Å². The smallest absolute Gasteiger partial charge is 0.191 e. The van der Waals surface area contributed by atoms with Crippen molar-refractivity contribution in [3.8, 4) is 23.1 Å². The summed E-state index contributed by atoms with van der Waals surface area (Å²) in [7, 11) is 0. The van der Waals surface area contributed by atoms with E-state index in [0.29, 0.717) is 29.7 Å². The maximum absolute atomic E-state index is 14.3.